The van der Waals surface area contributed by atoms with Crippen molar-refractivity contribution in [2.45, 2.75) is 0 Å². The second-order valence-corrected chi connectivity index (χ2v) is 4.35. The number of hydrogen-bond donors (Lipinski definition) is 1. The number of ketones is 2. The lowest BCUT2D eigenvalue weighted by molar-refractivity contribution is 0.0801. The first-order valence-corrected chi connectivity index (χ1v) is 5.51. The number of allylic oxidation sites excluding steroid dienone is 4. The van der Waals surface area contributed by atoms with Gasteiger partial charge in [0.25, 0.3) is 0 Å². The highest BCUT2D eigenvalue weighted by atomic mass is 16.1. The highest BCUT2D eigenvalue weighted by Crippen LogP contribution is 2.34. The molecule has 0 radical (unpaired) electrons. The fraction of sp³-hybridized carbons (Fsp3) is 0.143. The number of carbonyl (C=O) groups excluding carboxylic acids is 2. The summed E-state index contributed by atoms with van der Waals surface area (Å²) in [6, 6.07) is 4.90. The molecule has 3 heteroatoms. The van der Waals surface area contributed by atoms with Crippen LogP contribution >= 0.6 is 0 Å². The van der Waals surface area contributed by atoms with Crippen LogP contribution in [0.3, 0.4) is 0 Å². The molecule has 0 heterocycles. The van der Waals surface area contributed by atoms with Crippen molar-refractivity contribution in [1.82, 2.24) is 0 Å². The largest absolute Gasteiger partial charge is 0.399 e. The van der Waals surface area contributed by atoms with E-state index in [2.05, 4.69) is 0 Å². The molecule has 0 saturated carbocycles. The van der Waals surface area contributed by atoms with Crippen LogP contribution in [0.2, 0.25) is 0 Å². The molecule has 2 aliphatic carbocycles. The molecule has 0 saturated heterocycles. The van der Waals surface area contributed by atoms with E-state index in [-0.39, 0.29) is 23.4 Å². The Labute approximate surface area is 98.6 Å². The predicted octanol–water partition coefficient (Wildman–Crippen LogP) is 2.01. The smallest absolute Gasteiger partial charge is 0.171 e. The van der Waals surface area contributed by atoms with Crippen LogP contribution in [0.25, 0.3) is 0 Å². The van der Waals surface area contributed by atoms with Gasteiger partial charge in [0.05, 0.1) is 11.8 Å². The summed E-state index contributed by atoms with van der Waals surface area (Å²) < 4.78 is 0. The van der Waals surface area contributed by atoms with Crippen molar-refractivity contribution in [3.05, 3.63) is 53.6 Å². The first-order chi connectivity index (χ1) is 8.18. The molecule has 2 atom stereocenters. The summed E-state index contributed by atoms with van der Waals surface area (Å²) in [6.45, 7) is 0. The summed E-state index contributed by atoms with van der Waals surface area (Å²) in [6.07, 6.45) is 7.21. The number of hydrogen-bond acceptors (Lipinski definition) is 3. The Morgan fingerprint density at radius 3 is 2.12 bits per heavy atom. The third-order valence-corrected chi connectivity index (χ3v) is 3.31. The second-order valence-electron chi connectivity index (χ2n) is 4.35. The van der Waals surface area contributed by atoms with Gasteiger partial charge in [-0.25, -0.2) is 0 Å². The number of nitrogens with two attached hydrogens (primary N) is 1. The standard InChI is InChI=1S/C14H11NO2/c15-8-5-6-11-12(7-8)14(17)10-4-2-1-3-9(10)13(11)16/h1-7,9-10H,15H2. The van der Waals surface area contributed by atoms with Crippen LogP contribution < -0.4 is 5.73 Å². The maximum Gasteiger partial charge on any atom is 0.171 e. The first-order valence-electron chi connectivity index (χ1n) is 5.51. The highest BCUT2D eigenvalue weighted by Gasteiger charge is 2.39. The molecule has 0 bridgehead atoms. The topological polar surface area (TPSA) is 60.2 Å². The van der Waals surface area contributed by atoms with Crippen LogP contribution in [-0.4, -0.2) is 11.6 Å². The summed E-state index contributed by atoms with van der Waals surface area (Å²) in [7, 11) is 0. The lowest BCUT2D eigenvalue weighted by atomic mass is 9.72. The maximum absolute atomic E-state index is 12.3. The molecule has 2 aliphatic rings. The number of rotatable bonds is 0. The van der Waals surface area contributed by atoms with E-state index in [1.54, 1.807) is 30.4 Å². The summed E-state index contributed by atoms with van der Waals surface area (Å²) in [4.78, 5) is 24.5. The highest BCUT2D eigenvalue weighted by molar-refractivity contribution is 6.17. The number of fused-ring (bicyclic) bond motifs is 2. The fourth-order valence-electron chi connectivity index (χ4n) is 2.45. The Morgan fingerprint density at radius 1 is 0.882 bits per heavy atom. The van der Waals surface area contributed by atoms with E-state index in [9.17, 15) is 9.59 Å². The Hall–Kier alpha value is -2.16. The summed E-state index contributed by atoms with van der Waals surface area (Å²) in [5.41, 5.74) is 7.12. The predicted molar refractivity (Wildman–Crippen MR) is 64.8 cm³/mol. The van der Waals surface area contributed by atoms with Crippen molar-refractivity contribution in [1.29, 1.82) is 0 Å². The monoisotopic (exact) mass is 225 g/mol. The average Bonchev–Trinajstić information content (AvgIpc) is 2.36. The Bertz CT molecular complexity index is 584. The molecular formula is C14H11NO2. The molecule has 0 amide bonds. The van der Waals surface area contributed by atoms with Crippen LogP contribution in [0.4, 0.5) is 5.69 Å². The molecule has 0 aliphatic heterocycles. The van der Waals surface area contributed by atoms with Gasteiger partial charge in [-0.3, -0.25) is 9.59 Å². The van der Waals surface area contributed by atoms with E-state index >= 15 is 0 Å². The van der Waals surface area contributed by atoms with Crippen LogP contribution in [-0.2, 0) is 0 Å². The molecule has 2 N–H and O–H groups in total. The maximum atomic E-state index is 12.3. The van der Waals surface area contributed by atoms with Crippen molar-refractivity contribution >= 4 is 17.3 Å². The van der Waals surface area contributed by atoms with E-state index in [4.69, 9.17) is 5.73 Å². The molecule has 84 valence electrons. The van der Waals surface area contributed by atoms with Crippen LogP contribution in [0.5, 0.6) is 0 Å². The molecule has 1 aromatic carbocycles. The van der Waals surface area contributed by atoms with Crippen molar-refractivity contribution < 1.29 is 9.59 Å². The third-order valence-electron chi connectivity index (χ3n) is 3.31. The minimum atomic E-state index is -0.359. The first kappa shape index (κ1) is 10.0. The molecule has 17 heavy (non-hydrogen) atoms. The number of anilines is 1. The van der Waals surface area contributed by atoms with Crippen LogP contribution in [0.1, 0.15) is 20.7 Å². The van der Waals surface area contributed by atoms with Gasteiger partial charge in [-0.1, -0.05) is 24.3 Å². The van der Waals surface area contributed by atoms with Crippen molar-refractivity contribution in [3.8, 4) is 0 Å². The van der Waals surface area contributed by atoms with Gasteiger partial charge in [0, 0.05) is 16.8 Å². The molecule has 0 spiro atoms. The van der Waals surface area contributed by atoms with Gasteiger partial charge >= 0.3 is 0 Å². The minimum Gasteiger partial charge on any atom is -0.399 e. The normalized spacial score (nSPS) is 25.6. The van der Waals surface area contributed by atoms with Gasteiger partial charge in [0.1, 0.15) is 0 Å². The zero-order valence-electron chi connectivity index (χ0n) is 9.09. The van der Waals surface area contributed by atoms with E-state index in [0.717, 1.165) is 0 Å². The minimum absolute atomic E-state index is 0.00481. The van der Waals surface area contributed by atoms with E-state index in [1.165, 1.54) is 0 Å². The molecule has 0 aromatic heterocycles. The lowest BCUT2D eigenvalue weighted by Gasteiger charge is -2.28. The van der Waals surface area contributed by atoms with Gasteiger partial charge in [0.15, 0.2) is 11.6 Å². The zero-order valence-corrected chi connectivity index (χ0v) is 9.09. The fourth-order valence-corrected chi connectivity index (χ4v) is 2.45. The van der Waals surface area contributed by atoms with E-state index in [1.807, 2.05) is 12.2 Å². The van der Waals surface area contributed by atoms with Gasteiger partial charge in [-0.2, -0.15) is 0 Å². The molecular weight excluding hydrogens is 214 g/mol. The molecule has 0 fully saturated rings. The van der Waals surface area contributed by atoms with Gasteiger partial charge in [-0.05, 0) is 18.2 Å². The van der Waals surface area contributed by atoms with Gasteiger partial charge < -0.3 is 5.73 Å². The summed E-state index contributed by atoms with van der Waals surface area (Å²) in [5, 5.41) is 0. The zero-order chi connectivity index (χ0) is 12.0. The summed E-state index contributed by atoms with van der Waals surface area (Å²) in [5.74, 6) is -0.715. The molecule has 1 aromatic rings. The van der Waals surface area contributed by atoms with Crippen molar-refractivity contribution in [2.24, 2.45) is 11.8 Å². The van der Waals surface area contributed by atoms with Crippen molar-refractivity contribution in [2.75, 3.05) is 5.73 Å². The SMILES string of the molecule is Nc1ccc2c(c1)C(=O)C1C=CC=CC1C2=O. The molecule has 3 nitrogen and oxygen atoms in total. The van der Waals surface area contributed by atoms with Gasteiger partial charge in [-0.15, -0.1) is 0 Å². The number of carbonyl (C=O) groups is 2. The van der Waals surface area contributed by atoms with Gasteiger partial charge in [0.2, 0.25) is 0 Å². The van der Waals surface area contributed by atoms with Crippen molar-refractivity contribution in [3.63, 3.8) is 0 Å². The third kappa shape index (κ3) is 1.35. The lowest BCUT2D eigenvalue weighted by Crippen LogP contribution is -2.35. The Balaban J connectivity index is 2.21. The Kier molecular flexibility index (Phi) is 2.01. The Morgan fingerprint density at radius 2 is 1.47 bits per heavy atom. The van der Waals surface area contributed by atoms with Crippen LogP contribution in [0.15, 0.2) is 42.5 Å². The number of nitrogen functional groups attached to an aromatic ring is 1. The second kappa shape index (κ2) is 3.42. The average molecular weight is 225 g/mol. The van der Waals surface area contributed by atoms with E-state index in [0.29, 0.717) is 16.8 Å². The van der Waals surface area contributed by atoms with Crippen LogP contribution in [0, 0.1) is 11.8 Å². The quantitative estimate of drug-likeness (QED) is 0.687. The van der Waals surface area contributed by atoms with E-state index < -0.39 is 0 Å². The molecule has 3 rings (SSSR count). The number of benzene rings is 1. The number of Topliss-reactive ketones (excluding diaryl/α,β-unsaturated/α-hetero) is 2. The molecule has 2 unspecified atom stereocenters. The summed E-state index contributed by atoms with van der Waals surface area (Å²) >= 11 is 0.